The molecule has 1 aromatic carbocycles. The lowest BCUT2D eigenvalue weighted by molar-refractivity contribution is 0.621. The van der Waals surface area contributed by atoms with Gasteiger partial charge in [0.2, 0.25) is 0 Å². The molecule has 0 N–H and O–H groups in total. The van der Waals surface area contributed by atoms with Crippen LogP contribution >= 0.6 is 11.6 Å². The summed E-state index contributed by atoms with van der Waals surface area (Å²) in [4.78, 5) is 5.54. The van der Waals surface area contributed by atoms with E-state index in [0.717, 1.165) is 5.69 Å². The van der Waals surface area contributed by atoms with Gasteiger partial charge in [-0.2, -0.15) is 5.26 Å². The summed E-state index contributed by atoms with van der Waals surface area (Å²) >= 11 is 5.65. The van der Waals surface area contributed by atoms with Gasteiger partial charge in [-0.1, -0.05) is 11.6 Å². The third-order valence-corrected chi connectivity index (χ3v) is 2.70. The molecule has 0 amide bonds. The van der Waals surface area contributed by atoms with Crippen molar-refractivity contribution in [3.8, 4) is 6.07 Å². The number of hydrogen-bond acceptors (Lipinski definition) is 3. The number of nitrogens with zero attached hydrogens (tertiary/aromatic N) is 3. The predicted octanol–water partition coefficient (Wildman–Crippen LogP) is 3.51. The largest absolute Gasteiger partial charge is 0.327 e. The van der Waals surface area contributed by atoms with Crippen LogP contribution < -0.4 is 4.90 Å². The third kappa shape index (κ3) is 2.41. The van der Waals surface area contributed by atoms with Crippen molar-refractivity contribution in [1.82, 2.24) is 4.98 Å². The Morgan fingerprint density at radius 1 is 1.33 bits per heavy atom. The van der Waals surface area contributed by atoms with Crippen LogP contribution in [-0.4, -0.2) is 12.0 Å². The van der Waals surface area contributed by atoms with Crippen LogP contribution in [0.2, 0.25) is 5.02 Å². The zero-order valence-corrected chi connectivity index (χ0v) is 10.3. The van der Waals surface area contributed by atoms with E-state index in [1.54, 1.807) is 36.2 Å². The van der Waals surface area contributed by atoms with Crippen LogP contribution in [0.25, 0.3) is 0 Å². The van der Waals surface area contributed by atoms with E-state index in [1.165, 1.54) is 12.3 Å². The molecule has 0 spiro atoms. The monoisotopic (exact) mass is 261 g/mol. The molecule has 0 aliphatic rings. The van der Waals surface area contributed by atoms with Crippen molar-refractivity contribution in [2.45, 2.75) is 0 Å². The topological polar surface area (TPSA) is 39.9 Å². The first-order valence-electron chi connectivity index (χ1n) is 5.17. The molecule has 0 radical (unpaired) electrons. The van der Waals surface area contributed by atoms with E-state index in [2.05, 4.69) is 4.98 Å². The maximum absolute atomic E-state index is 13.7. The minimum absolute atomic E-state index is 0.184. The van der Waals surface area contributed by atoms with Gasteiger partial charge in [-0.05, 0) is 30.3 Å². The average molecular weight is 262 g/mol. The minimum Gasteiger partial charge on any atom is -0.327 e. The van der Waals surface area contributed by atoms with E-state index in [9.17, 15) is 4.39 Å². The molecule has 0 saturated carbocycles. The van der Waals surface area contributed by atoms with Crippen molar-refractivity contribution in [2.75, 3.05) is 11.9 Å². The van der Waals surface area contributed by atoms with Crippen molar-refractivity contribution in [3.63, 3.8) is 0 Å². The normalized spacial score (nSPS) is 9.89. The van der Waals surface area contributed by atoms with Crippen molar-refractivity contribution < 1.29 is 4.39 Å². The summed E-state index contributed by atoms with van der Waals surface area (Å²) < 4.78 is 13.7. The molecule has 2 rings (SSSR count). The molecule has 1 aromatic heterocycles. The fraction of sp³-hybridized carbons (Fsp3) is 0.0769. The number of anilines is 2. The highest BCUT2D eigenvalue weighted by atomic mass is 35.5. The summed E-state index contributed by atoms with van der Waals surface area (Å²) in [5, 5.41) is 8.96. The maximum Gasteiger partial charge on any atom is 0.169 e. The first kappa shape index (κ1) is 12.3. The average Bonchev–Trinajstić information content (AvgIpc) is 2.38. The highest BCUT2D eigenvalue weighted by Crippen LogP contribution is 2.25. The number of benzene rings is 1. The first-order valence-corrected chi connectivity index (χ1v) is 5.54. The molecule has 0 saturated heterocycles. The molecular formula is C13H9ClFN3. The molecule has 2 aromatic rings. The van der Waals surface area contributed by atoms with E-state index in [-0.39, 0.29) is 10.8 Å². The summed E-state index contributed by atoms with van der Waals surface area (Å²) in [5.41, 5.74) is 1.29. The number of hydrogen-bond donors (Lipinski definition) is 0. The Morgan fingerprint density at radius 2 is 2.00 bits per heavy atom. The lowest BCUT2D eigenvalue weighted by atomic mass is 10.2. The van der Waals surface area contributed by atoms with Gasteiger partial charge in [0.1, 0.15) is 0 Å². The fourth-order valence-electron chi connectivity index (χ4n) is 1.54. The molecule has 18 heavy (non-hydrogen) atoms. The third-order valence-electron chi connectivity index (χ3n) is 2.49. The van der Waals surface area contributed by atoms with Gasteiger partial charge in [0.05, 0.1) is 16.7 Å². The van der Waals surface area contributed by atoms with Crippen molar-refractivity contribution in [1.29, 1.82) is 5.26 Å². The van der Waals surface area contributed by atoms with Crippen LogP contribution in [0, 0.1) is 17.1 Å². The molecule has 5 heteroatoms. The van der Waals surface area contributed by atoms with E-state index in [0.29, 0.717) is 5.56 Å². The maximum atomic E-state index is 13.7. The van der Waals surface area contributed by atoms with Gasteiger partial charge in [-0.25, -0.2) is 9.37 Å². The van der Waals surface area contributed by atoms with E-state index >= 15 is 0 Å². The fourth-order valence-corrected chi connectivity index (χ4v) is 1.68. The van der Waals surface area contributed by atoms with Gasteiger partial charge in [0, 0.05) is 18.9 Å². The van der Waals surface area contributed by atoms with Crippen molar-refractivity contribution in [3.05, 3.63) is 52.9 Å². The molecule has 90 valence electrons. The molecular weight excluding hydrogens is 253 g/mol. The Balaban J connectivity index is 2.35. The quantitative estimate of drug-likeness (QED) is 0.830. The molecule has 1 heterocycles. The molecule has 3 nitrogen and oxygen atoms in total. The van der Waals surface area contributed by atoms with Gasteiger partial charge < -0.3 is 4.90 Å². The Kier molecular flexibility index (Phi) is 3.45. The summed E-state index contributed by atoms with van der Waals surface area (Å²) in [6, 6.07) is 10.0. The number of nitriles is 1. The van der Waals surface area contributed by atoms with Crippen LogP contribution in [0.3, 0.4) is 0 Å². The second-order valence-corrected chi connectivity index (χ2v) is 4.11. The van der Waals surface area contributed by atoms with Gasteiger partial charge in [0.15, 0.2) is 11.6 Å². The zero-order valence-electron chi connectivity index (χ0n) is 9.56. The van der Waals surface area contributed by atoms with E-state index in [4.69, 9.17) is 16.9 Å². The van der Waals surface area contributed by atoms with Gasteiger partial charge in [-0.15, -0.1) is 0 Å². The van der Waals surface area contributed by atoms with Crippen LogP contribution in [-0.2, 0) is 0 Å². The van der Waals surface area contributed by atoms with Crippen LogP contribution in [0.1, 0.15) is 5.56 Å². The Morgan fingerprint density at radius 3 is 2.56 bits per heavy atom. The Bertz CT molecular complexity index is 605. The van der Waals surface area contributed by atoms with Gasteiger partial charge in [-0.3, -0.25) is 0 Å². The van der Waals surface area contributed by atoms with E-state index < -0.39 is 5.82 Å². The standard InChI is InChI=1S/C13H9ClFN3/c1-18(11-4-2-9(7-16)3-5-11)13-12(15)6-10(14)8-17-13/h2-6,8H,1H3. The lowest BCUT2D eigenvalue weighted by Crippen LogP contribution is -2.12. The molecule has 0 aliphatic carbocycles. The summed E-state index contributed by atoms with van der Waals surface area (Å²) in [6.07, 6.45) is 1.39. The van der Waals surface area contributed by atoms with Crippen LogP contribution in [0.15, 0.2) is 36.5 Å². The summed E-state index contributed by atoms with van der Waals surface area (Å²) in [7, 11) is 1.70. The predicted molar refractivity (Wildman–Crippen MR) is 68.4 cm³/mol. The second-order valence-electron chi connectivity index (χ2n) is 3.68. The Hall–Kier alpha value is -2.12. The van der Waals surface area contributed by atoms with E-state index in [1.807, 2.05) is 6.07 Å². The number of pyridine rings is 1. The van der Waals surface area contributed by atoms with Gasteiger partial charge >= 0.3 is 0 Å². The zero-order chi connectivity index (χ0) is 13.1. The molecule has 0 unspecified atom stereocenters. The summed E-state index contributed by atoms with van der Waals surface area (Å²) in [6.45, 7) is 0. The lowest BCUT2D eigenvalue weighted by Gasteiger charge is -2.18. The molecule has 0 atom stereocenters. The van der Waals surface area contributed by atoms with Gasteiger partial charge in [0.25, 0.3) is 0 Å². The Labute approximate surface area is 109 Å². The molecule has 0 aliphatic heterocycles. The van der Waals surface area contributed by atoms with Crippen molar-refractivity contribution in [2.24, 2.45) is 0 Å². The van der Waals surface area contributed by atoms with Crippen molar-refractivity contribution >= 4 is 23.1 Å². The first-order chi connectivity index (χ1) is 8.61. The summed E-state index contributed by atoms with van der Waals surface area (Å²) in [5.74, 6) is -0.307. The highest BCUT2D eigenvalue weighted by molar-refractivity contribution is 6.30. The minimum atomic E-state index is -0.491. The SMILES string of the molecule is CN(c1ccc(C#N)cc1)c1ncc(Cl)cc1F. The number of rotatable bonds is 2. The molecule has 0 fully saturated rings. The molecule has 0 bridgehead atoms. The highest BCUT2D eigenvalue weighted by Gasteiger charge is 2.11. The second kappa shape index (κ2) is 5.03. The van der Waals surface area contributed by atoms with Crippen LogP contribution in [0.5, 0.6) is 0 Å². The number of halogens is 2. The smallest absolute Gasteiger partial charge is 0.169 e. The number of aromatic nitrogens is 1. The van der Waals surface area contributed by atoms with Crippen LogP contribution in [0.4, 0.5) is 15.9 Å².